The van der Waals surface area contributed by atoms with E-state index in [4.69, 9.17) is 9.47 Å². The molecule has 1 aliphatic rings. The Bertz CT molecular complexity index is 1300. The Kier molecular flexibility index (Phi) is 5.76. The van der Waals surface area contributed by atoms with E-state index in [2.05, 4.69) is 10.9 Å². The molecule has 0 aliphatic carbocycles. The van der Waals surface area contributed by atoms with Crippen LogP contribution in [0, 0.1) is 0 Å². The van der Waals surface area contributed by atoms with E-state index in [0.29, 0.717) is 30.3 Å². The van der Waals surface area contributed by atoms with Crippen LogP contribution < -0.4 is 20.3 Å². The number of ether oxygens (including phenoxy) is 2. The number of carbonyl (C=O) groups is 2. The van der Waals surface area contributed by atoms with Crippen LogP contribution in [-0.2, 0) is 21.9 Å². The third-order valence-corrected chi connectivity index (χ3v) is 6.84. The molecular formula is C21H22N4O6S. The van der Waals surface area contributed by atoms with Crippen LogP contribution in [0.15, 0.2) is 53.6 Å². The summed E-state index contributed by atoms with van der Waals surface area (Å²) in [5.41, 5.74) is 5.85. The number of rotatable bonds is 5. The van der Waals surface area contributed by atoms with Gasteiger partial charge in [-0.1, -0.05) is 18.2 Å². The summed E-state index contributed by atoms with van der Waals surface area (Å²) < 4.78 is 39.2. The minimum Gasteiger partial charge on any atom is -0.486 e. The van der Waals surface area contributed by atoms with Gasteiger partial charge >= 0.3 is 0 Å². The quantitative estimate of drug-likeness (QED) is 0.552. The largest absolute Gasteiger partial charge is 0.486 e. The van der Waals surface area contributed by atoms with Crippen LogP contribution in [0.5, 0.6) is 11.5 Å². The SMILES string of the molecule is CN(CC(=O)NNC(=O)c1cn(C)c2ccccc12)S(=O)(=O)c1ccc2c(c1)OCCO2. The molecule has 2 amide bonds. The second-order valence-electron chi connectivity index (χ2n) is 7.24. The normalized spacial score (nSPS) is 13.2. The molecule has 0 fully saturated rings. The molecule has 168 valence electrons. The first-order valence-electron chi connectivity index (χ1n) is 9.76. The topological polar surface area (TPSA) is 119 Å². The zero-order chi connectivity index (χ0) is 22.9. The molecule has 11 heteroatoms. The molecule has 1 aromatic heterocycles. The third kappa shape index (κ3) is 4.12. The first kappa shape index (κ1) is 21.7. The fourth-order valence-corrected chi connectivity index (χ4v) is 4.55. The van der Waals surface area contributed by atoms with Crippen LogP contribution in [0.25, 0.3) is 10.9 Å². The lowest BCUT2D eigenvalue weighted by Crippen LogP contribution is -2.46. The summed E-state index contributed by atoms with van der Waals surface area (Å²) in [5.74, 6) is -0.404. The standard InChI is InChI=1S/C21H22N4O6S/c1-24-12-16(15-5-3-4-6-17(15)24)21(27)23-22-20(26)13-25(2)32(28,29)14-7-8-18-19(11-14)31-10-9-30-18/h3-8,11-12H,9-10,13H2,1-2H3,(H,22,26)(H,23,27). The van der Waals surface area contributed by atoms with Gasteiger partial charge in [0, 0.05) is 37.3 Å². The number of carbonyl (C=O) groups excluding carboxylic acids is 2. The summed E-state index contributed by atoms with van der Waals surface area (Å²) in [7, 11) is -0.872. The van der Waals surface area contributed by atoms with E-state index in [9.17, 15) is 18.0 Å². The number of sulfonamides is 1. The second-order valence-corrected chi connectivity index (χ2v) is 9.28. The summed E-state index contributed by atoms with van der Waals surface area (Å²) in [4.78, 5) is 24.8. The number of aromatic nitrogens is 1. The summed E-state index contributed by atoms with van der Waals surface area (Å²) in [5, 5.41) is 0.736. The van der Waals surface area contributed by atoms with Crippen molar-refractivity contribution in [3.63, 3.8) is 0 Å². The molecule has 1 aliphatic heterocycles. The molecule has 0 saturated heterocycles. The molecule has 0 unspecified atom stereocenters. The molecule has 0 bridgehead atoms. The predicted molar refractivity (Wildman–Crippen MR) is 116 cm³/mol. The van der Waals surface area contributed by atoms with Gasteiger partial charge in [0.15, 0.2) is 11.5 Å². The average Bonchev–Trinajstić information content (AvgIpc) is 3.14. The van der Waals surface area contributed by atoms with Crippen LogP contribution in [-0.4, -0.2) is 55.9 Å². The Morgan fingerprint density at radius 2 is 1.78 bits per heavy atom. The number of nitrogens with zero attached hydrogens (tertiary/aromatic N) is 2. The Hall–Kier alpha value is -3.57. The zero-order valence-electron chi connectivity index (χ0n) is 17.5. The maximum atomic E-state index is 12.8. The molecular weight excluding hydrogens is 436 g/mol. The van der Waals surface area contributed by atoms with Gasteiger partial charge < -0.3 is 14.0 Å². The van der Waals surface area contributed by atoms with Crippen molar-refractivity contribution in [1.82, 2.24) is 19.7 Å². The molecule has 32 heavy (non-hydrogen) atoms. The van der Waals surface area contributed by atoms with E-state index in [1.54, 1.807) is 16.8 Å². The molecule has 3 aromatic rings. The van der Waals surface area contributed by atoms with Gasteiger partial charge in [-0.2, -0.15) is 4.31 Å². The molecule has 0 saturated carbocycles. The summed E-state index contributed by atoms with van der Waals surface area (Å²) in [6.07, 6.45) is 1.66. The zero-order valence-corrected chi connectivity index (χ0v) is 18.3. The minimum absolute atomic E-state index is 0.0307. The van der Waals surface area contributed by atoms with E-state index >= 15 is 0 Å². The van der Waals surface area contributed by atoms with Crippen LogP contribution in [0.1, 0.15) is 10.4 Å². The highest BCUT2D eigenvalue weighted by Crippen LogP contribution is 2.32. The Morgan fingerprint density at radius 3 is 2.56 bits per heavy atom. The number of nitrogens with one attached hydrogen (secondary N) is 2. The fourth-order valence-electron chi connectivity index (χ4n) is 3.41. The number of para-hydroxylation sites is 1. The summed E-state index contributed by atoms with van der Waals surface area (Å²) in [6.45, 7) is 0.224. The summed E-state index contributed by atoms with van der Waals surface area (Å²) in [6, 6.07) is 11.6. The number of fused-ring (bicyclic) bond motifs is 2. The highest BCUT2D eigenvalue weighted by atomic mass is 32.2. The minimum atomic E-state index is -3.96. The van der Waals surface area contributed by atoms with Crippen molar-refractivity contribution < 1.29 is 27.5 Å². The smallest absolute Gasteiger partial charge is 0.271 e. The molecule has 0 radical (unpaired) electrons. The van der Waals surface area contributed by atoms with Gasteiger partial charge in [0.25, 0.3) is 11.8 Å². The monoisotopic (exact) mass is 458 g/mol. The maximum absolute atomic E-state index is 12.8. The summed E-state index contributed by atoms with van der Waals surface area (Å²) >= 11 is 0. The molecule has 0 atom stereocenters. The maximum Gasteiger partial charge on any atom is 0.271 e. The Balaban J connectivity index is 1.39. The van der Waals surface area contributed by atoms with Gasteiger partial charge in [0.1, 0.15) is 13.2 Å². The lowest BCUT2D eigenvalue weighted by Gasteiger charge is -2.21. The van der Waals surface area contributed by atoms with Gasteiger partial charge in [0.2, 0.25) is 10.0 Å². The first-order valence-corrected chi connectivity index (χ1v) is 11.2. The van der Waals surface area contributed by atoms with Crippen molar-refractivity contribution in [2.24, 2.45) is 7.05 Å². The Labute approximate surface area is 184 Å². The molecule has 10 nitrogen and oxygen atoms in total. The number of aryl methyl sites for hydroxylation is 1. The first-order chi connectivity index (χ1) is 15.3. The lowest BCUT2D eigenvalue weighted by molar-refractivity contribution is -0.121. The van der Waals surface area contributed by atoms with E-state index in [0.717, 1.165) is 15.2 Å². The van der Waals surface area contributed by atoms with Crippen LogP contribution in [0.4, 0.5) is 0 Å². The Morgan fingerprint density at radius 1 is 1.06 bits per heavy atom. The number of benzene rings is 2. The van der Waals surface area contributed by atoms with Gasteiger partial charge in [-0.25, -0.2) is 8.42 Å². The van der Waals surface area contributed by atoms with Crippen molar-refractivity contribution in [2.75, 3.05) is 26.8 Å². The molecule has 4 rings (SSSR count). The van der Waals surface area contributed by atoms with Gasteiger partial charge in [-0.15, -0.1) is 0 Å². The predicted octanol–water partition coefficient (Wildman–Crippen LogP) is 1.03. The highest BCUT2D eigenvalue weighted by Gasteiger charge is 2.25. The van der Waals surface area contributed by atoms with Crippen molar-refractivity contribution in [1.29, 1.82) is 0 Å². The van der Waals surface area contributed by atoms with E-state index < -0.39 is 28.4 Å². The van der Waals surface area contributed by atoms with E-state index in [-0.39, 0.29) is 4.90 Å². The lowest BCUT2D eigenvalue weighted by atomic mass is 10.2. The number of hydrogen-bond donors (Lipinski definition) is 2. The van der Waals surface area contributed by atoms with Crippen molar-refractivity contribution in [3.8, 4) is 11.5 Å². The van der Waals surface area contributed by atoms with Crippen LogP contribution in [0.2, 0.25) is 0 Å². The molecule has 2 aromatic carbocycles. The van der Waals surface area contributed by atoms with Crippen LogP contribution in [0.3, 0.4) is 0 Å². The van der Waals surface area contributed by atoms with Gasteiger partial charge in [-0.05, 0) is 18.2 Å². The highest BCUT2D eigenvalue weighted by molar-refractivity contribution is 7.89. The fraction of sp³-hybridized carbons (Fsp3) is 0.238. The van der Waals surface area contributed by atoms with Crippen molar-refractivity contribution in [3.05, 3.63) is 54.2 Å². The number of hydrogen-bond acceptors (Lipinski definition) is 6. The average molecular weight is 458 g/mol. The number of amides is 2. The second kappa shape index (κ2) is 8.52. The molecule has 0 spiro atoms. The van der Waals surface area contributed by atoms with E-state index in [1.807, 2.05) is 25.2 Å². The third-order valence-electron chi connectivity index (χ3n) is 5.05. The van der Waals surface area contributed by atoms with Crippen molar-refractivity contribution in [2.45, 2.75) is 4.90 Å². The molecule has 2 N–H and O–H groups in total. The van der Waals surface area contributed by atoms with Crippen molar-refractivity contribution >= 4 is 32.7 Å². The molecule has 2 heterocycles. The van der Waals surface area contributed by atoms with E-state index in [1.165, 1.54) is 25.2 Å². The number of hydrazine groups is 1. The van der Waals surface area contributed by atoms with Gasteiger partial charge in [-0.3, -0.25) is 20.4 Å². The van der Waals surface area contributed by atoms with Crippen LogP contribution >= 0.6 is 0 Å². The van der Waals surface area contributed by atoms with Gasteiger partial charge in [0.05, 0.1) is 17.0 Å². The number of likely N-dealkylation sites (N-methyl/N-ethyl adjacent to an activating group) is 1.